The van der Waals surface area contributed by atoms with E-state index in [1.54, 1.807) is 7.11 Å². The van der Waals surface area contributed by atoms with Crippen molar-refractivity contribution >= 4 is 5.91 Å². The van der Waals surface area contributed by atoms with Gasteiger partial charge in [0.25, 0.3) is 0 Å². The van der Waals surface area contributed by atoms with Gasteiger partial charge in [-0.25, -0.2) is 0 Å². The summed E-state index contributed by atoms with van der Waals surface area (Å²) in [7, 11) is 1.63. The van der Waals surface area contributed by atoms with Gasteiger partial charge in [-0.2, -0.15) is 0 Å². The molecular formula is C12H24N2O2. The quantitative estimate of drug-likeness (QED) is 0.668. The normalized spacial score (nSPS) is 19.4. The minimum Gasteiger partial charge on any atom is -0.383 e. The summed E-state index contributed by atoms with van der Waals surface area (Å²) >= 11 is 0. The van der Waals surface area contributed by atoms with Gasteiger partial charge < -0.3 is 15.4 Å². The first-order valence-electron chi connectivity index (χ1n) is 6.17. The van der Waals surface area contributed by atoms with Crippen LogP contribution in [0.25, 0.3) is 0 Å². The maximum Gasteiger partial charge on any atom is 0.234 e. The van der Waals surface area contributed by atoms with Crippen LogP contribution in [-0.2, 0) is 9.53 Å². The topological polar surface area (TPSA) is 50.4 Å². The van der Waals surface area contributed by atoms with Gasteiger partial charge in [0.05, 0.1) is 13.2 Å². The second-order valence-electron chi connectivity index (χ2n) is 4.82. The molecule has 4 heteroatoms. The number of methoxy groups -OCH3 is 1. The number of amides is 1. The summed E-state index contributed by atoms with van der Waals surface area (Å²) in [5.74, 6) is 0.0591. The molecule has 0 atom stereocenters. The van der Waals surface area contributed by atoms with Crippen LogP contribution in [0.15, 0.2) is 0 Å². The monoisotopic (exact) mass is 228 g/mol. The van der Waals surface area contributed by atoms with Gasteiger partial charge in [0.15, 0.2) is 0 Å². The lowest BCUT2D eigenvalue weighted by molar-refractivity contribution is -0.120. The molecule has 0 radical (unpaired) electrons. The highest BCUT2D eigenvalue weighted by molar-refractivity contribution is 5.78. The van der Waals surface area contributed by atoms with E-state index in [1.165, 1.54) is 32.1 Å². The molecule has 1 aliphatic carbocycles. The average Bonchev–Trinajstić information content (AvgIpc) is 2.28. The van der Waals surface area contributed by atoms with Gasteiger partial charge in [0.2, 0.25) is 5.91 Å². The Labute approximate surface area is 98.1 Å². The molecular weight excluding hydrogens is 204 g/mol. The summed E-state index contributed by atoms with van der Waals surface area (Å²) in [6.45, 7) is 3.80. The van der Waals surface area contributed by atoms with Crippen LogP contribution in [0.4, 0.5) is 0 Å². The zero-order valence-electron chi connectivity index (χ0n) is 10.5. The zero-order chi connectivity index (χ0) is 11.9. The molecule has 0 aliphatic heterocycles. The maximum atomic E-state index is 11.5. The molecule has 0 aromatic heterocycles. The van der Waals surface area contributed by atoms with E-state index in [0.29, 0.717) is 19.7 Å². The Kier molecular flexibility index (Phi) is 5.77. The Balaban J connectivity index is 2.14. The van der Waals surface area contributed by atoms with Crippen molar-refractivity contribution in [1.82, 2.24) is 10.6 Å². The first kappa shape index (κ1) is 13.5. The number of rotatable bonds is 6. The highest BCUT2D eigenvalue weighted by Gasteiger charge is 2.26. The Bertz CT molecular complexity index is 213. The van der Waals surface area contributed by atoms with E-state index in [0.717, 1.165) is 0 Å². The lowest BCUT2D eigenvalue weighted by Gasteiger charge is -2.34. The molecule has 1 saturated carbocycles. The molecule has 94 valence electrons. The summed E-state index contributed by atoms with van der Waals surface area (Å²) in [6.07, 6.45) is 6.23. The van der Waals surface area contributed by atoms with Gasteiger partial charge in [-0.3, -0.25) is 4.79 Å². The van der Waals surface area contributed by atoms with Gasteiger partial charge in [-0.15, -0.1) is 0 Å². The molecule has 1 amide bonds. The third kappa shape index (κ3) is 4.94. The van der Waals surface area contributed by atoms with Crippen molar-refractivity contribution in [2.45, 2.75) is 44.6 Å². The van der Waals surface area contributed by atoms with Crippen LogP contribution < -0.4 is 10.6 Å². The predicted molar refractivity (Wildman–Crippen MR) is 64.4 cm³/mol. The first-order chi connectivity index (χ1) is 7.66. The van der Waals surface area contributed by atoms with Crippen molar-refractivity contribution in [2.75, 3.05) is 26.8 Å². The summed E-state index contributed by atoms with van der Waals surface area (Å²) < 4.78 is 4.87. The Morgan fingerprint density at radius 3 is 2.62 bits per heavy atom. The van der Waals surface area contributed by atoms with E-state index in [9.17, 15) is 4.79 Å². The lowest BCUT2D eigenvalue weighted by atomic mass is 9.83. The summed E-state index contributed by atoms with van der Waals surface area (Å²) in [5.41, 5.74) is 0.164. The van der Waals surface area contributed by atoms with Crippen LogP contribution in [0, 0.1) is 0 Å². The lowest BCUT2D eigenvalue weighted by Crippen LogP contribution is -2.48. The van der Waals surface area contributed by atoms with Crippen LogP contribution in [0.2, 0.25) is 0 Å². The second-order valence-corrected chi connectivity index (χ2v) is 4.82. The standard InChI is InChI=1S/C12H24N2O2/c1-12(6-4-3-5-7-12)14-10-11(15)13-8-9-16-2/h14H,3-10H2,1-2H3,(H,13,15). The van der Waals surface area contributed by atoms with E-state index in [4.69, 9.17) is 4.74 Å². The molecule has 0 bridgehead atoms. The zero-order valence-corrected chi connectivity index (χ0v) is 10.5. The molecule has 4 nitrogen and oxygen atoms in total. The smallest absolute Gasteiger partial charge is 0.234 e. The third-order valence-electron chi connectivity index (χ3n) is 3.26. The van der Waals surface area contributed by atoms with Crippen molar-refractivity contribution in [3.63, 3.8) is 0 Å². The first-order valence-corrected chi connectivity index (χ1v) is 6.17. The highest BCUT2D eigenvalue weighted by Crippen LogP contribution is 2.27. The summed E-state index contributed by atoms with van der Waals surface area (Å²) in [4.78, 5) is 11.5. The molecule has 1 rings (SSSR count). The minimum absolute atomic E-state index is 0.0591. The maximum absolute atomic E-state index is 11.5. The number of hydrogen-bond donors (Lipinski definition) is 2. The largest absolute Gasteiger partial charge is 0.383 e. The van der Waals surface area contributed by atoms with E-state index < -0.39 is 0 Å². The fourth-order valence-electron chi connectivity index (χ4n) is 2.16. The van der Waals surface area contributed by atoms with Gasteiger partial charge in [-0.05, 0) is 19.8 Å². The average molecular weight is 228 g/mol. The van der Waals surface area contributed by atoms with Gasteiger partial charge in [-0.1, -0.05) is 19.3 Å². The highest BCUT2D eigenvalue weighted by atomic mass is 16.5. The van der Waals surface area contributed by atoms with Crippen LogP contribution in [0.5, 0.6) is 0 Å². The minimum atomic E-state index is 0.0591. The van der Waals surface area contributed by atoms with Crippen molar-refractivity contribution in [2.24, 2.45) is 0 Å². The molecule has 0 spiro atoms. The molecule has 0 heterocycles. The molecule has 1 aliphatic rings. The number of carbonyl (C=O) groups excluding carboxylic acids is 1. The van der Waals surface area contributed by atoms with Gasteiger partial charge in [0, 0.05) is 19.2 Å². The van der Waals surface area contributed by atoms with Crippen LogP contribution >= 0.6 is 0 Å². The van der Waals surface area contributed by atoms with Gasteiger partial charge >= 0.3 is 0 Å². The van der Waals surface area contributed by atoms with E-state index in [1.807, 2.05) is 0 Å². The van der Waals surface area contributed by atoms with E-state index >= 15 is 0 Å². The summed E-state index contributed by atoms with van der Waals surface area (Å²) in [5, 5.41) is 6.19. The predicted octanol–water partition coefficient (Wildman–Crippen LogP) is 1.06. The van der Waals surface area contributed by atoms with Crippen molar-refractivity contribution < 1.29 is 9.53 Å². The van der Waals surface area contributed by atoms with Gasteiger partial charge in [0.1, 0.15) is 0 Å². The summed E-state index contributed by atoms with van der Waals surface area (Å²) in [6, 6.07) is 0. The Morgan fingerprint density at radius 2 is 2.00 bits per heavy atom. The number of ether oxygens (including phenoxy) is 1. The molecule has 16 heavy (non-hydrogen) atoms. The molecule has 0 aromatic carbocycles. The van der Waals surface area contributed by atoms with E-state index in [-0.39, 0.29) is 11.4 Å². The molecule has 0 saturated heterocycles. The molecule has 1 fully saturated rings. The second kappa shape index (κ2) is 6.86. The Hall–Kier alpha value is -0.610. The Morgan fingerprint density at radius 1 is 1.31 bits per heavy atom. The molecule has 0 unspecified atom stereocenters. The van der Waals surface area contributed by atoms with Crippen molar-refractivity contribution in [3.8, 4) is 0 Å². The number of hydrogen-bond acceptors (Lipinski definition) is 3. The van der Waals surface area contributed by atoms with Crippen LogP contribution in [0.3, 0.4) is 0 Å². The van der Waals surface area contributed by atoms with Crippen molar-refractivity contribution in [3.05, 3.63) is 0 Å². The fourth-order valence-corrected chi connectivity index (χ4v) is 2.16. The number of carbonyl (C=O) groups is 1. The third-order valence-corrected chi connectivity index (χ3v) is 3.26. The van der Waals surface area contributed by atoms with E-state index in [2.05, 4.69) is 17.6 Å². The fraction of sp³-hybridized carbons (Fsp3) is 0.917. The van der Waals surface area contributed by atoms with Crippen LogP contribution in [-0.4, -0.2) is 38.3 Å². The SMILES string of the molecule is COCCNC(=O)CNC1(C)CCCCC1. The van der Waals surface area contributed by atoms with Crippen LogP contribution in [0.1, 0.15) is 39.0 Å². The number of nitrogens with one attached hydrogen (secondary N) is 2. The molecule has 0 aromatic rings. The molecule has 2 N–H and O–H groups in total. The van der Waals surface area contributed by atoms with Crippen molar-refractivity contribution in [1.29, 1.82) is 0 Å².